The molecule has 0 aromatic carbocycles. The van der Waals surface area contributed by atoms with Gasteiger partial charge in [-0.25, -0.2) is 0 Å². The topological polar surface area (TPSA) is 0 Å². The zero-order valence-electron chi connectivity index (χ0n) is 3.89. The van der Waals surface area contributed by atoms with E-state index in [1.165, 1.54) is 0 Å². The Morgan fingerprint density at radius 2 is 2.17 bits per heavy atom. The van der Waals surface area contributed by atoms with Gasteiger partial charge in [0.2, 0.25) is 0 Å². The summed E-state index contributed by atoms with van der Waals surface area (Å²) in [7, 11) is 0. The Balaban J connectivity index is 2.19. The van der Waals surface area contributed by atoms with E-state index in [-0.39, 0.29) is 0 Å². The summed E-state index contributed by atoms with van der Waals surface area (Å²) in [4.78, 5) is 0. The van der Waals surface area contributed by atoms with E-state index in [0.717, 1.165) is 5.72 Å². The van der Waals surface area contributed by atoms with Gasteiger partial charge in [-0.1, -0.05) is 0 Å². The molecular weight excluding hydrogens is 69.7 g/mol. The van der Waals surface area contributed by atoms with Crippen LogP contribution in [0.3, 0.4) is 0 Å². The molecule has 1 aliphatic heterocycles. The Kier molecular flexibility index (Phi) is 1.04. The molecule has 1 heterocycles. The second kappa shape index (κ2) is 1.55. The van der Waals surface area contributed by atoms with Crippen LogP contribution in [0.25, 0.3) is 0 Å². The third kappa shape index (κ3) is 0.925. The second-order valence-corrected chi connectivity index (χ2v) is 1.49. The van der Waals surface area contributed by atoms with Crippen molar-refractivity contribution in [3.8, 4) is 0 Å². The Morgan fingerprint density at radius 3 is 2.33 bits per heavy atom. The maximum atomic E-state index is 2.17. The molecule has 2 heteroatoms. The normalized spacial score (nSPS) is 17.5. The van der Waals surface area contributed by atoms with Gasteiger partial charge in [-0.15, -0.1) is 0 Å². The van der Waals surface area contributed by atoms with Crippen molar-refractivity contribution in [3.63, 3.8) is 0 Å². The van der Waals surface area contributed by atoms with E-state index in [2.05, 4.69) is 25.8 Å². The molecule has 0 nitrogen and oxygen atoms in total. The second-order valence-electron chi connectivity index (χ2n) is 1.49. The predicted octanol–water partition coefficient (Wildman–Crippen LogP) is 0.645. The van der Waals surface area contributed by atoms with Crippen molar-refractivity contribution < 1.29 is 0 Å². The van der Waals surface area contributed by atoms with Crippen molar-refractivity contribution in [2.45, 2.75) is 12.6 Å². The van der Waals surface area contributed by atoms with Gasteiger partial charge < -0.3 is 0 Å². The molecule has 0 aromatic heterocycles. The quantitative estimate of drug-likeness (QED) is 0.317. The average Bonchev–Trinajstić information content (AvgIpc) is 2.21. The van der Waals surface area contributed by atoms with Crippen molar-refractivity contribution >= 4 is 13.6 Å². The van der Waals surface area contributed by atoms with Gasteiger partial charge in [-0.05, 0) is 0 Å². The molecule has 6 heavy (non-hydrogen) atoms. The molecule has 0 spiro atoms. The predicted molar refractivity (Wildman–Crippen MR) is 30.1 cm³/mol. The van der Waals surface area contributed by atoms with Gasteiger partial charge in [0.15, 0.2) is 0 Å². The summed E-state index contributed by atoms with van der Waals surface area (Å²) in [6.07, 6.45) is 4.24. The molecule has 0 fully saturated rings. The van der Waals surface area contributed by atoms with Crippen LogP contribution >= 0.6 is 0 Å². The summed E-state index contributed by atoms with van der Waals surface area (Å²) >= 11 is 0. The van der Waals surface area contributed by atoms with Crippen molar-refractivity contribution in [1.29, 1.82) is 0 Å². The molecule has 1 rings (SSSR count). The fraction of sp³-hybridized carbons (Fsp3) is 0.500. The first-order chi connectivity index (χ1) is 2.93. The third-order valence-electron chi connectivity index (χ3n) is 0.829. The van der Waals surface area contributed by atoms with Gasteiger partial charge in [-0.3, -0.25) is 0 Å². The SMILES string of the molecule is C/C=C/C1B=B1. The summed E-state index contributed by atoms with van der Waals surface area (Å²) in [5.41, 5.74) is 0.718. The molecule has 0 amide bonds. The molecule has 0 aliphatic carbocycles. The fourth-order valence-corrected chi connectivity index (χ4v) is 0.415. The van der Waals surface area contributed by atoms with E-state index in [9.17, 15) is 0 Å². The molecular formula is C4H6B2. The Bertz CT molecular complexity index is 87.7. The van der Waals surface area contributed by atoms with Crippen LogP contribution in [-0.4, -0.2) is 13.6 Å². The molecule has 0 bridgehead atoms. The van der Waals surface area contributed by atoms with Gasteiger partial charge in [-0.2, -0.15) is 0 Å². The van der Waals surface area contributed by atoms with Gasteiger partial charge in [0.1, 0.15) is 0 Å². The first-order valence-corrected chi connectivity index (χ1v) is 2.24. The minimum atomic E-state index is 0.718. The molecule has 0 N–H and O–H groups in total. The molecule has 0 saturated carbocycles. The van der Waals surface area contributed by atoms with Crippen LogP contribution in [-0.2, 0) is 0 Å². The van der Waals surface area contributed by atoms with Crippen molar-refractivity contribution in [2.75, 3.05) is 0 Å². The number of hydrogen-bond acceptors (Lipinski definition) is 0. The van der Waals surface area contributed by atoms with Crippen molar-refractivity contribution in [1.82, 2.24) is 0 Å². The molecule has 28 valence electrons. The fourth-order valence-electron chi connectivity index (χ4n) is 0.415. The molecule has 0 unspecified atom stereocenters. The van der Waals surface area contributed by atoms with E-state index in [1.807, 2.05) is 6.92 Å². The van der Waals surface area contributed by atoms with Crippen molar-refractivity contribution in [3.05, 3.63) is 12.2 Å². The zero-order valence-corrected chi connectivity index (χ0v) is 3.89. The third-order valence-corrected chi connectivity index (χ3v) is 0.829. The Morgan fingerprint density at radius 1 is 1.50 bits per heavy atom. The Labute approximate surface area is 39.4 Å². The van der Waals surface area contributed by atoms with E-state index in [4.69, 9.17) is 0 Å². The van der Waals surface area contributed by atoms with Gasteiger partial charge in [0, 0.05) is 0 Å². The summed E-state index contributed by atoms with van der Waals surface area (Å²) in [5, 5.41) is 0. The Hall–Kier alpha value is -0.130. The van der Waals surface area contributed by atoms with Crippen LogP contribution in [0.1, 0.15) is 6.92 Å². The maximum absolute atomic E-state index is 2.17. The molecule has 0 radical (unpaired) electrons. The van der Waals surface area contributed by atoms with Crippen LogP contribution < -0.4 is 0 Å². The molecule has 1 aliphatic rings. The van der Waals surface area contributed by atoms with Crippen LogP contribution in [0.2, 0.25) is 5.72 Å². The molecule has 0 aromatic rings. The van der Waals surface area contributed by atoms with Gasteiger partial charge in [0.25, 0.3) is 0 Å². The summed E-state index contributed by atoms with van der Waals surface area (Å²) in [5.74, 6) is 0. The van der Waals surface area contributed by atoms with Gasteiger partial charge in [0.05, 0.1) is 0 Å². The van der Waals surface area contributed by atoms with E-state index in [1.54, 1.807) is 0 Å². The van der Waals surface area contributed by atoms with Crippen LogP contribution in [0.4, 0.5) is 0 Å². The number of hydrogen-bond donors (Lipinski definition) is 0. The summed E-state index contributed by atoms with van der Waals surface area (Å²) in [6.45, 7) is 6.38. The number of rotatable bonds is 1. The monoisotopic (exact) mass is 76.1 g/mol. The van der Waals surface area contributed by atoms with E-state index >= 15 is 0 Å². The molecule has 0 atom stereocenters. The number of allylic oxidation sites excluding steroid dienone is 2. The van der Waals surface area contributed by atoms with Crippen molar-refractivity contribution in [2.24, 2.45) is 0 Å². The van der Waals surface area contributed by atoms with E-state index in [0.29, 0.717) is 0 Å². The van der Waals surface area contributed by atoms with Gasteiger partial charge >= 0.3 is 38.4 Å². The summed E-state index contributed by atoms with van der Waals surface area (Å²) < 4.78 is 0. The van der Waals surface area contributed by atoms with E-state index < -0.39 is 0 Å². The first-order valence-electron chi connectivity index (χ1n) is 2.24. The van der Waals surface area contributed by atoms with Crippen LogP contribution in [0.15, 0.2) is 12.2 Å². The van der Waals surface area contributed by atoms with Crippen LogP contribution in [0, 0.1) is 0 Å². The standard InChI is InChI=1S/C4H6B2/c1-2-3-4-5-6-4/h2-4H,1H3/b3-2+. The minimum absolute atomic E-state index is 0.718. The van der Waals surface area contributed by atoms with Crippen LogP contribution in [0.5, 0.6) is 0 Å². The average molecular weight is 75.7 g/mol. The summed E-state index contributed by atoms with van der Waals surface area (Å²) in [6, 6.07) is 0. The first kappa shape index (κ1) is 4.04. The molecule has 0 saturated heterocycles. The zero-order chi connectivity index (χ0) is 4.41.